The summed E-state index contributed by atoms with van der Waals surface area (Å²) < 4.78 is 0. The Balaban J connectivity index is 1.25. The minimum Gasteiger partial charge on any atom is -0.326 e. The van der Waals surface area contributed by atoms with Gasteiger partial charge >= 0.3 is 0 Å². The first-order valence-corrected chi connectivity index (χ1v) is 8.09. The average molecular weight is 273 g/mol. The molecule has 0 saturated heterocycles. The van der Waals surface area contributed by atoms with Gasteiger partial charge in [0.2, 0.25) is 0 Å². The van der Waals surface area contributed by atoms with Crippen molar-refractivity contribution in [2.75, 3.05) is 13.1 Å². The minimum atomic E-state index is 0.628. The van der Waals surface area contributed by atoms with Gasteiger partial charge in [0, 0.05) is 19.1 Å². The summed E-state index contributed by atoms with van der Waals surface area (Å²) in [6.07, 6.45) is 5.66. The molecule has 3 saturated carbocycles. The van der Waals surface area contributed by atoms with Gasteiger partial charge in [-0.05, 0) is 61.7 Å². The van der Waals surface area contributed by atoms with Crippen LogP contribution in [0.2, 0.25) is 0 Å². The zero-order valence-corrected chi connectivity index (χ0v) is 12.3. The lowest BCUT2D eigenvalue weighted by atomic mass is 9.78. The second kappa shape index (κ2) is 6.70. The highest BCUT2D eigenvalue weighted by molar-refractivity contribution is 5.22. The molecule has 2 bridgehead atoms. The molecule has 3 aliphatic carbocycles. The van der Waals surface area contributed by atoms with Crippen LogP contribution in [0.1, 0.15) is 36.8 Å². The number of nitrogens with one attached hydrogen (secondary N) is 2. The number of fused-ring (bicyclic) bond motifs is 1. The molecule has 2 atom stereocenters. The number of hydrogen-bond acceptors (Lipinski definition) is 3. The van der Waals surface area contributed by atoms with E-state index in [0.717, 1.165) is 37.5 Å². The third kappa shape index (κ3) is 3.22. The molecule has 4 rings (SSSR count). The lowest BCUT2D eigenvalue weighted by Gasteiger charge is -2.36. The molecule has 3 fully saturated rings. The highest BCUT2D eigenvalue weighted by Crippen LogP contribution is 2.48. The molecule has 110 valence electrons. The molecular weight excluding hydrogens is 246 g/mol. The van der Waals surface area contributed by atoms with Gasteiger partial charge in [0.25, 0.3) is 0 Å². The Bertz CT molecular complexity index is 401. The standard InChI is InChI=1S/C17H27N3/c18-11-13-2-4-14(5-3-13)12-19-8-1-9-20-17-15-6-7-16(17)10-15/h2-5,15-17,19-20H,1,6-12,18H2. The minimum absolute atomic E-state index is 0.628. The topological polar surface area (TPSA) is 50.1 Å². The molecule has 0 radical (unpaired) electrons. The fraction of sp³-hybridized carbons (Fsp3) is 0.647. The van der Waals surface area contributed by atoms with Crippen molar-refractivity contribution in [3.8, 4) is 0 Å². The van der Waals surface area contributed by atoms with Crippen molar-refractivity contribution in [2.24, 2.45) is 17.6 Å². The Morgan fingerprint density at radius 1 is 1.00 bits per heavy atom. The lowest BCUT2D eigenvalue weighted by Crippen LogP contribution is -2.46. The van der Waals surface area contributed by atoms with Gasteiger partial charge in [-0.2, -0.15) is 0 Å². The van der Waals surface area contributed by atoms with Crippen LogP contribution in [0.15, 0.2) is 24.3 Å². The first-order valence-electron chi connectivity index (χ1n) is 8.09. The normalized spacial score (nSPS) is 27.6. The van der Waals surface area contributed by atoms with Crippen molar-refractivity contribution in [1.82, 2.24) is 10.6 Å². The van der Waals surface area contributed by atoms with E-state index >= 15 is 0 Å². The van der Waals surface area contributed by atoms with E-state index in [1.54, 1.807) is 0 Å². The molecule has 3 heteroatoms. The zero-order valence-electron chi connectivity index (χ0n) is 12.3. The summed E-state index contributed by atoms with van der Waals surface area (Å²) in [6.45, 7) is 3.84. The first kappa shape index (κ1) is 14.1. The highest BCUT2D eigenvalue weighted by atomic mass is 15.0. The van der Waals surface area contributed by atoms with Crippen LogP contribution in [0.4, 0.5) is 0 Å². The molecule has 0 aromatic heterocycles. The predicted octanol–water partition coefficient (Wildman–Crippen LogP) is 2.01. The van der Waals surface area contributed by atoms with Gasteiger partial charge in [-0.1, -0.05) is 24.3 Å². The zero-order chi connectivity index (χ0) is 13.8. The fourth-order valence-electron chi connectivity index (χ4n) is 3.74. The maximum atomic E-state index is 5.60. The van der Waals surface area contributed by atoms with Gasteiger partial charge in [0.05, 0.1) is 0 Å². The summed E-state index contributed by atoms with van der Waals surface area (Å²) >= 11 is 0. The summed E-state index contributed by atoms with van der Waals surface area (Å²) in [4.78, 5) is 0. The quantitative estimate of drug-likeness (QED) is 0.635. The third-order valence-electron chi connectivity index (χ3n) is 5.03. The van der Waals surface area contributed by atoms with Crippen molar-refractivity contribution >= 4 is 0 Å². The van der Waals surface area contributed by atoms with E-state index in [9.17, 15) is 0 Å². The lowest BCUT2D eigenvalue weighted by molar-refractivity contribution is 0.193. The van der Waals surface area contributed by atoms with Crippen LogP contribution >= 0.6 is 0 Å². The molecule has 0 aliphatic heterocycles. The first-order chi connectivity index (χ1) is 9.86. The van der Waals surface area contributed by atoms with Crippen LogP contribution in [-0.4, -0.2) is 19.1 Å². The van der Waals surface area contributed by atoms with Crippen LogP contribution < -0.4 is 16.4 Å². The Morgan fingerprint density at radius 3 is 2.35 bits per heavy atom. The van der Waals surface area contributed by atoms with Gasteiger partial charge in [-0.3, -0.25) is 0 Å². The van der Waals surface area contributed by atoms with Crippen LogP contribution in [0, 0.1) is 11.8 Å². The average Bonchev–Trinajstić information content (AvgIpc) is 3.10. The van der Waals surface area contributed by atoms with Crippen molar-refractivity contribution < 1.29 is 0 Å². The Kier molecular flexibility index (Phi) is 4.71. The number of hydrogen-bond donors (Lipinski definition) is 3. The van der Waals surface area contributed by atoms with Crippen molar-refractivity contribution in [3.63, 3.8) is 0 Å². The van der Waals surface area contributed by atoms with Crippen LogP contribution in [-0.2, 0) is 13.1 Å². The molecular formula is C17H27N3. The molecule has 0 amide bonds. The van der Waals surface area contributed by atoms with Gasteiger partial charge in [0.15, 0.2) is 0 Å². The molecule has 1 aromatic rings. The van der Waals surface area contributed by atoms with Crippen molar-refractivity contribution in [3.05, 3.63) is 35.4 Å². The SMILES string of the molecule is NCc1ccc(CNCCCNC2C3CCC2C3)cc1. The molecule has 20 heavy (non-hydrogen) atoms. The summed E-state index contributed by atoms with van der Waals surface area (Å²) in [5, 5.41) is 7.26. The summed E-state index contributed by atoms with van der Waals surface area (Å²) in [7, 11) is 0. The second-order valence-corrected chi connectivity index (χ2v) is 6.36. The van der Waals surface area contributed by atoms with E-state index in [1.165, 1.54) is 36.8 Å². The Morgan fingerprint density at radius 2 is 1.70 bits per heavy atom. The van der Waals surface area contributed by atoms with Gasteiger partial charge in [0.1, 0.15) is 0 Å². The number of benzene rings is 1. The van der Waals surface area contributed by atoms with Gasteiger partial charge < -0.3 is 16.4 Å². The van der Waals surface area contributed by atoms with E-state index in [2.05, 4.69) is 34.9 Å². The predicted molar refractivity (Wildman–Crippen MR) is 83.3 cm³/mol. The van der Waals surface area contributed by atoms with E-state index in [4.69, 9.17) is 5.73 Å². The third-order valence-corrected chi connectivity index (χ3v) is 5.03. The van der Waals surface area contributed by atoms with Crippen LogP contribution in [0.5, 0.6) is 0 Å². The van der Waals surface area contributed by atoms with E-state index in [0.29, 0.717) is 6.54 Å². The van der Waals surface area contributed by atoms with Crippen LogP contribution in [0.25, 0.3) is 0 Å². The van der Waals surface area contributed by atoms with E-state index in [-0.39, 0.29) is 0 Å². The van der Waals surface area contributed by atoms with Crippen LogP contribution in [0.3, 0.4) is 0 Å². The Labute approximate surface area is 122 Å². The molecule has 1 aromatic carbocycles. The van der Waals surface area contributed by atoms with Gasteiger partial charge in [-0.15, -0.1) is 0 Å². The van der Waals surface area contributed by atoms with Crippen molar-refractivity contribution in [2.45, 2.75) is 44.8 Å². The van der Waals surface area contributed by atoms with Gasteiger partial charge in [-0.25, -0.2) is 0 Å². The molecule has 4 N–H and O–H groups in total. The molecule has 3 nitrogen and oxygen atoms in total. The smallest absolute Gasteiger partial charge is 0.0205 e. The monoisotopic (exact) mass is 273 g/mol. The number of nitrogens with two attached hydrogens (primary N) is 1. The fourth-order valence-corrected chi connectivity index (χ4v) is 3.74. The maximum absolute atomic E-state index is 5.60. The Hall–Kier alpha value is -0.900. The molecule has 0 heterocycles. The largest absolute Gasteiger partial charge is 0.326 e. The second-order valence-electron chi connectivity index (χ2n) is 6.36. The van der Waals surface area contributed by atoms with E-state index < -0.39 is 0 Å². The molecule has 0 spiro atoms. The number of rotatable bonds is 8. The van der Waals surface area contributed by atoms with Crippen molar-refractivity contribution in [1.29, 1.82) is 0 Å². The summed E-state index contributed by atoms with van der Waals surface area (Å²) in [6, 6.07) is 9.42. The summed E-state index contributed by atoms with van der Waals surface area (Å²) in [5.74, 6) is 2.02. The molecule has 3 aliphatic rings. The summed E-state index contributed by atoms with van der Waals surface area (Å²) in [5.41, 5.74) is 8.14. The molecule has 2 unspecified atom stereocenters. The highest BCUT2D eigenvalue weighted by Gasteiger charge is 2.45. The maximum Gasteiger partial charge on any atom is 0.0205 e. The van der Waals surface area contributed by atoms with E-state index in [1.807, 2.05) is 0 Å².